The topological polar surface area (TPSA) is 60.9 Å². The van der Waals surface area contributed by atoms with E-state index >= 15 is 0 Å². The lowest BCUT2D eigenvalue weighted by Crippen LogP contribution is -2.15. The van der Waals surface area contributed by atoms with Crippen LogP contribution in [0.1, 0.15) is 30.5 Å². The summed E-state index contributed by atoms with van der Waals surface area (Å²) in [6.45, 7) is 2.57. The van der Waals surface area contributed by atoms with Gasteiger partial charge in [-0.3, -0.25) is 4.57 Å². The van der Waals surface area contributed by atoms with Crippen molar-refractivity contribution in [2.45, 2.75) is 32.7 Å². The predicted molar refractivity (Wildman–Crippen MR) is 78.1 cm³/mol. The van der Waals surface area contributed by atoms with Gasteiger partial charge in [0.25, 0.3) is 0 Å². The summed E-state index contributed by atoms with van der Waals surface area (Å²) < 4.78 is 6.69. The number of rotatable bonds is 5. The molecule has 0 spiro atoms. The SMILES string of the molecule is CCCCc1nc(Cn2c(=O)oc3cccnc32)cs1. The summed E-state index contributed by atoms with van der Waals surface area (Å²) in [5, 5.41) is 3.12. The summed E-state index contributed by atoms with van der Waals surface area (Å²) >= 11 is 1.65. The van der Waals surface area contributed by atoms with Gasteiger partial charge in [-0.25, -0.2) is 14.8 Å². The Morgan fingerprint density at radius 1 is 1.45 bits per heavy atom. The van der Waals surface area contributed by atoms with E-state index in [-0.39, 0.29) is 5.76 Å². The number of hydrogen-bond acceptors (Lipinski definition) is 5. The molecule has 0 fully saturated rings. The van der Waals surface area contributed by atoms with Gasteiger partial charge in [0.05, 0.1) is 17.2 Å². The molecule has 0 aromatic carbocycles. The number of fused-ring (bicyclic) bond motifs is 1. The van der Waals surface area contributed by atoms with Crippen LogP contribution in [0.15, 0.2) is 32.9 Å². The molecule has 3 aromatic heterocycles. The van der Waals surface area contributed by atoms with Gasteiger partial charge in [0.1, 0.15) is 0 Å². The second-order valence-corrected chi connectivity index (χ2v) is 5.56. The number of oxazole rings is 1. The van der Waals surface area contributed by atoms with Gasteiger partial charge in [-0.15, -0.1) is 11.3 Å². The molecule has 5 nitrogen and oxygen atoms in total. The molecule has 0 aliphatic rings. The van der Waals surface area contributed by atoms with Gasteiger partial charge in [-0.05, 0) is 25.0 Å². The van der Waals surface area contributed by atoms with E-state index in [9.17, 15) is 4.79 Å². The maximum atomic E-state index is 11.9. The van der Waals surface area contributed by atoms with Crippen LogP contribution in [-0.4, -0.2) is 14.5 Å². The average molecular weight is 289 g/mol. The Bertz CT molecular complexity index is 772. The van der Waals surface area contributed by atoms with Gasteiger partial charge in [0, 0.05) is 11.6 Å². The van der Waals surface area contributed by atoms with Crippen LogP contribution >= 0.6 is 11.3 Å². The van der Waals surface area contributed by atoms with Crippen molar-refractivity contribution in [2.75, 3.05) is 0 Å². The van der Waals surface area contributed by atoms with Crippen molar-refractivity contribution in [3.63, 3.8) is 0 Å². The Labute approximate surface area is 119 Å². The smallest absolute Gasteiger partial charge is 0.406 e. The number of aromatic nitrogens is 3. The van der Waals surface area contributed by atoms with Crippen molar-refractivity contribution in [1.82, 2.24) is 14.5 Å². The van der Waals surface area contributed by atoms with Crippen LogP contribution in [0.2, 0.25) is 0 Å². The summed E-state index contributed by atoms with van der Waals surface area (Å²) in [4.78, 5) is 20.6. The lowest BCUT2D eigenvalue weighted by Gasteiger charge is -1.97. The number of nitrogens with zero attached hydrogens (tertiary/aromatic N) is 3. The number of hydrogen-bond donors (Lipinski definition) is 0. The van der Waals surface area contributed by atoms with Gasteiger partial charge in [0.2, 0.25) is 0 Å². The summed E-state index contributed by atoms with van der Waals surface area (Å²) in [7, 11) is 0. The molecule has 0 amide bonds. The first-order valence-electron chi connectivity index (χ1n) is 6.65. The van der Waals surface area contributed by atoms with Crippen LogP contribution < -0.4 is 5.76 Å². The first kappa shape index (κ1) is 13.1. The second-order valence-electron chi connectivity index (χ2n) is 4.62. The molecular weight excluding hydrogens is 274 g/mol. The molecule has 0 radical (unpaired) electrons. The molecule has 0 aliphatic heterocycles. The Balaban J connectivity index is 1.87. The van der Waals surface area contributed by atoms with E-state index < -0.39 is 0 Å². The molecular formula is C14H15N3O2S. The summed E-state index contributed by atoms with van der Waals surface area (Å²) in [6.07, 6.45) is 4.95. The highest BCUT2D eigenvalue weighted by Gasteiger charge is 2.11. The van der Waals surface area contributed by atoms with Crippen LogP contribution in [0.4, 0.5) is 0 Å². The molecule has 0 saturated heterocycles. The Kier molecular flexibility index (Phi) is 3.64. The molecule has 104 valence electrons. The summed E-state index contributed by atoms with van der Waals surface area (Å²) in [5.74, 6) is -0.387. The second kappa shape index (κ2) is 5.58. The van der Waals surface area contributed by atoms with E-state index in [4.69, 9.17) is 4.42 Å². The van der Waals surface area contributed by atoms with Crippen LogP contribution in [0, 0.1) is 0 Å². The molecule has 3 rings (SSSR count). The third kappa shape index (κ3) is 2.51. The molecule has 6 heteroatoms. The zero-order chi connectivity index (χ0) is 13.9. The standard InChI is InChI=1S/C14H15N3O2S/c1-2-3-6-12-16-10(9-20-12)8-17-13-11(19-14(17)18)5-4-7-15-13/h4-5,7,9H,2-3,6,8H2,1H3. The summed E-state index contributed by atoms with van der Waals surface area (Å²) in [6, 6.07) is 3.50. The number of aryl methyl sites for hydroxylation is 1. The maximum absolute atomic E-state index is 11.9. The molecule has 20 heavy (non-hydrogen) atoms. The van der Waals surface area contributed by atoms with E-state index in [1.807, 2.05) is 5.38 Å². The molecule has 0 aliphatic carbocycles. The first-order chi connectivity index (χ1) is 9.78. The normalized spacial score (nSPS) is 11.2. The minimum Gasteiger partial charge on any atom is -0.406 e. The molecule has 0 atom stereocenters. The van der Waals surface area contributed by atoms with Crippen molar-refractivity contribution in [3.05, 3.63) is 45.0 Å². The fourth-order valence-electron chi connectivity index (χ4n) is 2.07. The van der Waals surface area contributed by atoms with E-state index in [0.29, 0.717) is 17.8 Å². The monoisotopic (exact) mass is 289 g/mol. The minimum atomic E-state index is -0.387. The third-order valence-corrected chi connectivity index (χ3v) is 4.05. The molecule has 0 saturated carbocycles. The van der Waals surface area contributed by atoms with Crippen LogP contribution in [0.25, 0.3) is 11.2 Å². The maximum Gasteiger partial charge on any atom is 0.421 e. The molecule has 0 N–H and O–H groups in total. The lowest BCUT2D eigenvalue weighted by molar-refractivity contribution is 0.516. The highest BCUT2D eigenvalue weighted by molar-refractivity contribution is 7.09. The fraction of sp³-hybridized carbons (Fsp3) is 0.357. The van der Waals surface area contributed by atoms with Crippen LogP contribution in [-0.2, 0) is 13.0 Å². The Morgan fingerprint density at radius 3 is 3.20 bits per heavy atom. The van der Waals surface area contributed by atoms with Gasteiger partial charge in [-0.1, -0.05) is 13.3 Å². The zero-order valence-electron chi connectivity index (χ0n) is 11.2. The Morgan fingerprint density at radius 2 is 2.35 bits per heavy atom. The van der Waals surface area contributed by atoms with E-state index in [1.165, 1.54) is 4.57 Å². The number of unbranched alkanes of at least 4 members (excludes halogenated alkanes) is 1. The van der Waals surface area contributed by atoms with Crippen molar-refractivity contribution in [2.24, 2.45) is 0 Å². The van der Waals surface area contributed by atoms with E-state index in [1.54, 1.807) is 29.7 Å². The van der Waals surface area contributed by atoms with Gasteiger partial charge < -0.3 is 4.42 Å². The average Bonchev–Trinajstić information content (AvgIpc) is 3.02. The minimum absolute atomic E-state index is 0.387. The van der Waals surface area contributed by atoms with Gasteiger partial charge >= 0.3 is 5.76 Å². The first-order valence-corrected chi connectivity index (χ1v) is 7.53. The molecule has 0 bridgehead atoms. The predicted octanol–water partition coefficient (Wildman–Crippen LogP) is 2.84. The molecule has 3 aromatic rings. The van der Waals surface area contributed by atoms with Crippen molar-refractivity contribution in [1.29, 1.82) is 0 Å². The van der Waals surface area contributed by atoms with Crippen LogP contribution in [0.5, 0.6) is 0 Å². The Hall–Kier alpha value is -1.95. The largest absolute Gasteiger partial charge is 0.421 e. The summed E-state index contributed by atoms with van der Waals surface area (Å²) in [5.41, 5.74) is 1.97. The van der Waals surface area contributed by atoms with E-state index in [2.05, 4.69) is 16.9 Å². The van der Waals surface area contributed by atoms with Crippen LogP contribution in [0.3, 0.4) is 0 Å². The molecule has 0 unspecified atom stereocenters. The van der Waals surface area contributed by atoms with Crippen molar-refractivity contribution in [3.8, 4) is 0 Å². The third-order valence-electron chi connectivity index (χ3n) is 3.09. The highest BCUT2D eigenvalue weighted by Crippen LogP contribution is 2.15. The number of pyridine rings is 1. The lowest BCUT2D eigenvalue weighted by atomic mass is 10.3. The van der Waals surface area contributed by atoms with E-state index in [0.717, 1.165) is 30.0 Å². The van der Waals surface area contributed by atoms with Gasteiger partial charge in [-0.2, -0.15) is 0 Å². The quantitative estimate of drug-likeness (QED) is 0.724. The fourth-order valence-corrected chi connectivity index (χ4v) is 2.90. The highest BCUT2D eigenvalue weighted by atomic mass is 32.1. The number of thiazole rings is 1. The van der Waals surface area contributed by atoms with Crippen molar-refractivity contribution < 1.29 is 4.42 Å². The molecule has 3 heterocycles. The van der Waals surface area contributed by atoms with Gasteiger partial charge in [0.15, 0.2) is 11.2 Å². The zero-order valence-corrected chi connectivity index (χ0v) is 12.0. The van der Waals surface area contributed by atoms with Crippen molar-refractivity contribution >= 4 is 22.6 Å².